The highest BCUT2D eigenvalue weighted by atomic mass is 35.5. The molecule has 1 aromatic carbocycles. The summed E-state index contributed by atoms with van der Waals surface area (Å²) in [6, 6.07) is 4.74. The smallest absolute Gasteiger partial charge is 0.273 e. The van der Waals surface area contributed by atoms with E-state index in [-0.39, 0.29) is 12.4 Å². The van der Waals surface area contributed by atoms with Crippen LogP contribution in [0.5, 0.6) is 0 Å². The zero-order valence-corrected chi connectivity index (χ0v) is 11.4. The van der Waals surface area contributed by atoms with Gasteiger partial charge in [-0.2, -0.15) is 0 Å². The molecule has 3 N–H and O–H groups in total. The van der Waals surface area contributed by atoms with Gasteiger partial charge < -0.3 is 5.73 Å². The van der Waals surface area contributed by atoms with Crippen molar-refractivity contribution in [2.45, 2.75) is 11.7 Å². The highest BCUT2D eigenvalue weighted by Crippen LogP contribution is 2.11. The lowest BCUT2D eigenvalue weighted by Crippen LogP contribution is -2.41. The van der Waals surface area contributed by atoms with E-state index in [1.807, 2.05) is 0 Å². The lowest BCUT2D eigenvalue weighted by atomic mass is 10.2. The second kappa shape index (κ2) is 7.09. The van der Waals surface area contributed by atoms with Gasteiger partial charge in [0.25, 0.3) is 5.92 Å². The van der Waals surface area contributed by atoms with E-state index in [0.29, 0.717) is 5.56 Å². The molecule has 0 aliphatic carbocycles. The van der Waals surface area contributed by atoms with Crippen molar-refractivity contribution in [1.82, 2.24) is 4.72 Å². The van der Waals surface area contributed by atoms with E-state index in [4.69, 9.17) is 5.73 Å². The molecule has 0 radical (unpaired) electrons. The molecule has 0 fully saturated rings. The van der Waals surface area contributed by atoms with Crippen LogP contribution in [0.3, 0.4) is 0 Å². The largest absolute Gasteiger partial charge is 0.325 e. The maximum absolute atomic E-state index is 12.8. The molecule has 0 saturated carbocycles. The van der Waals surface area contributed by atoms with Gasteiger partial charge >= 0.3 is 0 Å². The molecule has 19 heavy (non-hydrogen) atoms. The van der Waals surface area contributed by atoms with Crippen molar-refractivity contribution < 1.29 is 21.6 Å². The summed E-state index contributed by atoms with van der Waals surface area (Å²) in [7, 11) is -3.90. The van der Waals surface area contributed by atoms with Crippen molar-refractivity contribution in [2.24, 2.45) is 5.73 Å². The summed E-state index contributed by atoms with van der Waals surface area (Å²) in [5, 5.41) is 0. The zero-order valence-electron chi connectivity index (χ0n) is 9.77. The number of halogens is 4. The van der Waals surface area contributed by atoms with Crippen LogP contribution in [-0.4, -0.2) is 27.4 Å². The monoisotopic (exact) mass is 318 g/mol. The van der Waals surface area contributed by atoms with Gasteiger partial charge in [-0.15, -0.1) is 12.4 Å². The molecule has 4 nitrogen and oxygen atoms in total. The summed E-state index contributed by atoms with van der Waals surface area (Å²) in [4.78, 5) is 0. The molecule has 0 heterocycles. The number of hydrogen-bond donors (Lipinski definition) is 2. The molecular weight excluding hydrogens is 305 g/mol. The molecule has 1 rings (SSSR count). The van der Waals surface area contributed by atoms with Crippen molar-refractivity contribution in [3.63, 3.8) is 0 Å². The minimum absolute atomic E-state index is 0. The summed E-state index contributed by atoms with van der Waals surface area (Å²) in [6.07, 6.45) is 0. The number of nitrogens with one attached hydrogen (secondary N) is 1. The molecule has 9 heteroatoms. The normalized spacial score (nSPS) is 12.0. The quantitative estimate of drug-likeness (QED) is 0.829. The second-order valence-corrected chi connectivity index (χ2v) is 5.57. The van der Waals surface area contributed by atoms with E-state index < -0.39 is 40.6 Å². The highest BCUT2D eigenvalue weighted by Gasteiger charge is 2.28. The highest BCUT2D eigenvalue weighted by molar-refractivity contribution is 7.88. The van der Waals surface area contributed by atoms with Crippen LogP contribution in [0.1, 0.15) is 5.56 Å². The van der Waals surface area contributed by atoms with Gasteiger partial charge in [0.05, 0.1) is 18.8 Å². The molecule has 0 aromatic heterocycles. The second-order valence-electron chi connectivity index (χ2n) is 3.77. The third-order valence-corrected chi connectivity index (χ3v) is 3.42. The Kier molecular flexibility index (Phi) is 6.78. The van der Waals surface area contributed by atoms with E-state index in [1.165, 1.54) is 12.1 Å². The SMILES string of the molecule is Cl.NCC(F)(F)CNS(=O)(=O)Cc1ccc(F)cc1. The minimum Gasteiger partial charge on any atom is -0.325 e. The Balaban J connectivity index is 0.00000324. The van der Waals surface area contributed by atoms with Crippen molar-refractivity contribution in [3.05, 3.63) is 35.6 Å². The first kappa shape index (κ1) is 18.2. The van der Waals surface area contributed by atoms with Crippen LogP contribution in [0, 0.1) is 5.82 Å². The van der Waals surface area contributed by atoms with E-state index in [1.54, 1.807) is 4.72 Å². The summed E-state index contributed by atoms with van der Waals surface area (Å²) in [5.41, 5.74) is 5.08. The third kappa shape index (κ3) is 6.76. The molecule has 0 amide bonds. The number of nitrogens with two attached hydrogens (primary N) is 1. The summed E-state index contributed by atoms with van der Waals surface area (Å²) < 4.78 is 62.8. The van der Waals surface area contributed by atoms with Gasteiger partial charge in [0.1, 0.15) is 5.82 Å². The van der Waals surface area contributed by atoms with Gasteiger partial charge in [0.2, 0.25) is 10.0 Å². The standard InChI is InChI=1S/C10H13F3N2O2S.ClH/c11-9-3-1-8(2-4-9)5-18(16,17)15-7-10(12,13)6-14;/h1-4,15H,5-7,14H2;1H. The zero-order chi connectivity index (χ0) is 13.8. The molecule has 0 saturated heterocycles. The van der Waals surface area contributed by atoms with Crippen LogP contribution in [0.2, 0.25) is 0 Å². The predicted octanol–water partition coefficient (Wildman–Crippen LogP) is 1.26. The van der Waals surface area contributed by atoms with Crippen LogP contribution < -0.4 is 10.5 Å². The van der Waals surface area contributed by atoms with Crippen molar-refractivity contribution in [1.29, 1.82) is 0 Å². The fourth-order valence-corrected chi connectivity index (χ4v) is 2.30. The third-order valence-electron chi connectivity index (χ3n) is 2.12. The Bertz CT molecular complexity index is 494. The van der Waals surface area contributed by atoms with E-state index in [2.05, 4.69) is 0 Å². The molecule has 1 aromatic rings. The number of rotatable bonds is 6. The number of hydrogen-bond acceptors (Lipinski definition) is 3. The molecule has 110 valence electrons. The van der Waals surface area contributed by atoms with Gasteiger partial charge in [-0.25, -0.2) is 26.3 Å². The molecule has 0 aliphatic rings. The fraction of sp³-hybridized carbons (Fsp3) is 0.400. The number of sulfonamides is 1. The molecule has 0 spiro atoms. The Hall–Kier alpha value is -0.830. The summed E-state index contributed by atoms with van der Waals surface area (Å²) in [6.45, 7) is -1.99. The van der Waals surface area contributed by atoms with Crippen molar-refractivity contribution >= 4 is 22.4 Å². The molecule has 0 atom stereocenters. The van der Waals surface area contributed by atoms with Gasteiger partial charge in [-0.1, -0.05) is 12.1 Å². The molecule has 0 unspecified atom stereocenters. The van der Waals surface area contributed by atoms with Crippen LogP contribution in [0.25, 0.3) is 0 Å². The van der Waals surface area contributed by atoms with E-state index in [0.717, 1.165) is 12.1 Å². The summed E-state index contributed by atoms with van der Waals surface area (Å²) in [5.74, 6) is -4.28. The van der Waals surface area contributed by atoms with E-state index in [9.17, 15) is 21.6 Å². The van der Waals surface area contributed by atoms with Gasteiger partial charge in [-0.3, -0.25) is 0 Å². The maximum atomic E-state index is 12.8. The van der Waals surface area contributed by atoms with Gasteiger partial charge in [-0.05, 0) is 17.7 Å². The van der Waals surface area contributed by atoms with Crippen LogP contribution in [0.15, 0.2) is 24.3 Å². The van der Waals surface area contributed by atoms with Crippen molar-refractivity contribution in [3.8, 4) is 0 Å². The Morgan fingerprint density at radius 1 is 1.21 bits per heavy atom. The Morgan fingerprint density at radius 3 is 2.21 bits per heavy atom. The molecular formula is C10H14ClF3N2O2S. The lowest BCUT2D eigenvalue weighted by molar-refractivity contribution is 0.0170. The Morgan fingerprint density at radius 2 is 1.74 bits per heavy atom. The molecule has 0 aliphatic heterocycles. The van der Waals surface area contributed by atoms with Gasteiger partial charge in [0.15, 0.2) is 0 Å². The fourth-order valence-electron chi connectivity index (χ4n) is 1.14. The van der Waals surface area contributed by atoms with Crippen LogP contribution >= 0.6 is 12.4 Å². The first-order valence-corrected chi connectivity index (χ1v) is 6.69. The van der Waals surface area contributed by atoms with Crippen LogP contribution in [-0.2, 0) is 15.8 Å². The topological polar surface area (TPSA) is 72.2 Å². The molecule has 0 bridgehead atoms. The minimum atomic E-state index is -3.90. The van der Waals surface area contributed by atoms with Gasteiger partial charge in [0, 0.05) is 0 Å². The first-order chi connectivity index (χ1) is 8.24. The maximum Gasteiger partial charge on any atom is 0.273 e. The van der Waals surface area contributed by atoms with E-state index >= 15 is 0 Å². The Labute approximate surface area is 115 Å². The first-order valence-electron chi connectivity index (χ1n) is 5.04. The average molecular weight is 319 g/mol. The van der Waals surface area contributed by atoms with Crippen LogP contribution in [0.4, 0.5) is 13.2 Å². The summed E-state index contributed by atoms with van der Waals surface area (Å²) >= 11 is 0. The lowest BCUT2D eigenvalue weighted by Gasteiger charge is -2.14. The van der Waals surface area contributed by atoms with Crippen molar-refractivity contribution in [2.75, 3.05) is 13.1 Å². The number of alkyl halides is 2. The number of benzene rings is 1. The average Bonchev–Trinajstić information content (AvgIpc) is 2.30. The predicted molar refractivity (Wildman–Crippen MR) is 68.3 cm³/mol.